The molecule has 2 heterocycles. The van der Waals surface area contributed by atoms with Gasteiger partial charge in [-0.25, -0.2) is 4.79 Å². The highest BCUT2D eigenvalue weighted by molar-refractivity contribution is 5.99. The van der Waals surface area contributed by atoms with Gasteiger partial charge in [-0.05, 0) is 43.0 Å². The second-order valence-electron chi connectivity index (χ2n) is 7.08. The van der Waals surface area contributed by atoms with Crippen LogP contribution in [0.1, 0.15) is 33.1 Å². The molecule has 27 heavy (non-hydrogen) atoms. The van der Waals surface area contributed by atoms with Crippen LogP contribution in [0.25, 0.3) is 10.9 Å². The Bertz CT molecular complexity index is 900. The Morgan fingerprint density at radius 2 is 2.11 bits per heavy atom. The maximum absolute atomic E-state index is 12.2. The molecule has 0 bridgehead atoms. The topological polar surface area (TPSA) is 105 Å². The second-order valence-corrected chi connectivity index (χ2v) is 7.08. The maximum Gasteiger partial charge on any atom is 0.365 e. The van der Waals surface area contributed by atoms with Gasteiger partial charge in [-0.15, -0.1) is 0 Å². The number of nitrogens with zero attached hydrogens (tertiary/aromatic N) is 3. The largest absolute Gasteiger partial charge is 0.365 e. The second kappa shape index (κ2) is 8.11. The van der Waals surface area contributed by atoms with Gasteiger partial charge in [0.2, 0.25) is 5.91 Å². The van der Waals surface area contributed by atoms with E-state index >= 15 is 0 Å². The average molecular weight is 369 g/mol. The number of hydrogen-bond donors (Lipinski definition) is 2. The molecule has 8 nitrogen and oxygen atoms in total. The molecule has 0 aliphatic carbocycles. The van der Waals surface area contributed by atoms with Crippen molar-refractivity contribution in [3.63, 3.8) is 0 Å². The predicted octanol–water partition coefficient (Wildman–Crippen LogP) is 3.48. The lowest BCUT2D eigenvalue weighted by molar-refractivity contribution is -0.122. The Morgan fingerprint density at radius 1 is 1.30 bits per heavy atom. The van der Waals surface area contributed by atoms with Gasteiger partial charge >= 0.3 is 6.03 Å². The van der Waals surface area contributed by atoms with Crippen LogP contribution in [0.3, 0.4) is 0 Å². The number of rotatable bonds is 7. The molecular weight excluding hydrogens is 346 g/mol. The summed E-state index contributed by atoms with van der Waals surface area (Å²) in [6, 6.07) is 6.28. The van der Waals surface area contributed by atoms with Crippen LogP contribution in [-0.4, -0.2) is 28.5 Å². The minimum atomic E-state index is -0.800. The van der Waals surface area contributed by atoms with Crippen LogP contribution in [0, 0.1) is 5.92 Å². The van der Waals surface area contributed by atoms with Crippen molar-refractivity contribution in [1.82, 2.24) is 9.88 Å². The maximum atomic E-state index is 12.2. The first-order chi connectivity index (χ1) is 12.9. The van der Waals surface area contributed by atoms with Crippen molar-refractivity contribution in [2.75, 3.05) is 5.32 Å². The molecule has 2 aromatic rings. The van der Waals surface area contributed by atoms with Crippen molar-refractivity contribution in [2.45, 2.75) is 45.7 Å². The van der Waals surface area contributed by atoms with Gasteiger partial charge in [0.25, 0.3) is 5.91 Å². The zero-order chi connectivity index (χ0) is 19.4. The van der Waals surface area contributed by atoms with E-state index in [1.165, 1.54) is 0 Å². The summed E-state index contributed by atoms with van der Waals surface area (Å²) in [5.74, 6) is -0.0923. The molecule has 1 aliphatic heterocycles. The molecule has 1 aromatic carbocycles. The SMILES string of the molecule is CC(C)CCn1ccc2cc(NC(=O)CCC3N=NC(=O)NC3=O)ccc21. The highest BCUT2D eigenvalue weighted by Gasteiger charge is 2.25. The molecule has 1 atom stereocenters. The number of urea groups is 1. The number of imide groups is 1. The lowest BCUT2D eigenvalue weighted by atomic mass is 10.1. The fourth-order valence-electron chi connectivity index (χ4n) is 2.94. The Kier molecular flexibility index (Phi) is 5.63. The standard InChI is InChI=1S/C19H23N5O3/c1-12(2)7-9-24-10-8-13-11-14(3-5-16(13)24)20-17(25)6-4-15-18(26)21-19(27)23-22-15/h3,5,8,10-12,15H,4,6-7,9H2,1-2H3,(H,20,25)(H,21,26,27). The van der Waals surface area contributed by atoms with Crippen molar-refractivity contribution in [3.05, 3.63) is 30.5 Å². The van der Waals surface area contributed by atoms with Gasteiger partial charge in [0.1, 0.15) is 0 Å². The number of amides is 4. The minimum absolute atomic E-state index is 0.110. The number of carbonyl (C=O) groups excluding carboxylic acids is 3. The highest BCUT2D eigenvalue weighted by Crippen LogP contribution is 2.22. The molecule has 1 aliphatic rings. The molecule has 3 rings (SSSR count). The lowest BCUT2D eigenvalue weighted by Gasteiger charge is -2.13. The number of anilines is 1. The molecule has 0 saturated heterocycles. The first kappa shape index (κ1) is 18.8. The van der Waals surface area contributed by atoms with Gasteiger partial charge in [-0.3, -0.25) is 14.9 Å². The summed E-state index contributed by atoms with van der Waals surface area (Å²) < 4.78 is 2.22. The average Bonchev–Trinajstić information content (AvgIpc) is 3.01. The van der Waals surface area contributed by atoms with Crippen LogP contribution in [0.5, 0.6) is 0 Å². The van der Waals surface area contributed by atoms with E-state index in [9.17, 15) is 14.4 Å². The number of aryl methyl sites for hydroxylation is 1. The molecule has 8 heteroatoms. The molecule has 0 spiro atoms. The molecule has 2 N–H and O–H groups in total. The third kappa shape index (κ3) is 4.78. The monoisotopic (exact) mass is 369 g/mol. The summed E-state index contributed by atoms with van der Waals surface area (Å²) in [7, 11) is 0. The van der Waals surface area contributed by atoms with Crippen molar-refractivity contribution in [2.24, 2.45) is 16.1 Å². The third-order valence-electron chi connectivity index (χ3n) is 4.47. The Balaban J connectivity index is 1.58. The molecule has 142 valence electrons. The van der Waals surface area contributed by atoms with E-state index in [0.717, 1.165) is 23.9 Å². The van der Waals surface area contributed by atoms with Crippen molar-refractivity contribution < 1.29 is 14.4 Å². The highest BCUT2D eigenvalue weighted by atomic mass is 16.2. The van der Waals surface area contributed by atoms with Gasteiger partial charge < -0.3 is 9.88 Å². The summed E-state index contributed by atoms with van der Waals surface area (Å²) in [6.45, 7) is 5.37. The summed E-state index contributed by atoms with van der Waals surface area (Å²) in [4.78, 5) is 34.7. The van der Waals surface area contributed by atoms with E-state index in [4.69, 9.17) is 0 Å². The molecular formula is C19H23N5O3. The number of carbonyl (C=O) groups is 3. The van der Waals surface area contributed by atoms with Gasteiger partial charge in [0, 0.05) is 35.8 Å². The number of benzene rings is 1. The van der Waals surface area contributed by atoms with E-state index in [0.29, 0.717) is 11.6 Å². The number of hydrogen-bond acceptors (Lipinski definition) is 4. The van der Waals surface area contributed by atoms with E-state index in [-0.39, 0.29) is 18.7 Å². The normalized spacial score (nSPS) is 16.8. The predicted molar refractivity (Wildman–Crippen MR) is 101 cm³/mol. The molecule has 0 fully saturated rings. The van der Waals surface area contributed by atoms with Crippen molar-refractivity contribution in [1.29, 1.82) is 0 Å². The fraction of sp³-hybridized carbons (Fsp3) is 0.421. The van der Waals surface area contributed by atoms with E-state index in [1.54, 1.807) is 0 Å². The van der Waals surface area contributed by atoms with Crippen LogP contribution < -0.4 is 10.6 Å². The summed E-state index contributed by atoms with van der Waals surface area (Å²) in [6.07, 6.45) is 3.48. The quantitative estimate of drug-likeness (QED) is 0.780. The zero-order valence-electron chi connectivity index (χ0n) is 15.4. The number of aromatic nitrogens is 1. The van der Waals surface area contributed by atoms with Crippen LogP contribution in [0.15, 0.2) is 40.7 Å². The summed E-state index contributed by atoms with van der Waals surface area (Å²) >= 11 is 0. The first-order valence-corrected chi connectivity index (χ1v) is 9.07. The van der Waals surface area contributed by atoms with Gasteiger partial charge in [-0.1, -0.05) is 19.0 Å². The summed E-state index contributed by atoms with van der Waals surface area (Å²) in [5, 5.41) is 12.9. The Morgan fingerprint density at radius 3 is 2.85 bits per heavy atom. The van der Waals surface area contributed by atoms with Crippen LogP contribution in [0.4, 0.5) is 10.5 Å². The van der Waals surface area contributed by atoms with Crippen molar-refractivity contribution in [3.8, 4) is 0 Å². The lowest BCUT2D eigenvalue weighted by Crippen LogP contribution is -2.39. The number of azo groups is 1. The van der Waals surface area contributed by atoms with E-state index in [2.05, 4.69) is 45.5 Å². The van der Waals surface area contributed by atoms with Crippen LogP contribution in [-0.2, 0) is 16.1 Å². The summed E-state index contributed by atoms with van der Waals surface area (Å²) in [5.41, 5.74) is 1.84. The smallest absolute Gasteiger partial charge is 0.347 e. The number of nitrogens with one attached hydrogen (secondary N) is 2. The molecule has 4 amide bonds. The molecule has 1 unspecified atom stereocenters. The van der Waals surface area contributed by atoms with E-state index in [1.807, 2.05) is 24.3 Å². The Labute approximate surface area is 157 Å². The fourth-order valence-corrected chi connectivity index (χ4v) is 2.94. The Hall–Kier alpha value is -3.03. The zero-order valence-corrected chi connectivity index (χ0v) is 15.4. The van der Waals surface area contributed by atoms with Gasteiger partial charge in [0.15, 0.2) is 6.04 Å². The first-order valence-electron chi connectivity index (χ1n) is 9.07. The minimum Gasteiger partial charge on any atom is -0.347 e. The van der Waals surface area contributed by atoms with Crippen LogP contribution >= 0.6 is 0 Å². The van der Waals surface area contributed by atoms with E-state index < -0.39 is 18.0 Å². The van der Waals surface area contributed by atoms with Crippen molar-refractivity contribution >= 4 is 34.4 Å². The molecule has 0 saturated carbocycles. The van der Waals surface area contributed by atoms with Gasteiger partial charge in [-0.2, -0.15) is 5.11 Å². The third-order valence-corrected chi connectivity index (χ3v) is 4.47. The number of fused-ring (bicyclic) bond motifs is 1. The molecule has 1 aromatic heterocycles. The molecule has 0 radical (unpaired) electrons. The van der Waals surface area contributed by atoms with Gasteiger partial charge in [0.05, 0.1) is 0 Å². The van der Waals surface area contributed by atoms with Crippen LogP contribution in [0.2, 0.25) is 0 Å².